The van der Waals surface area contributed by atoms with Gasteiger partial charge < -0.3 is 15.0 Å². The Kier molecular flexibility index (Phi) is 9.15. The number of hydrogen-bond acceptors (Lipinski definition) is 3. The monoisotopic (exact) mass is 240 g/mol. The van der Waals surface area contributed by atoms with E-state index in [4.69, 9.17) is 5.11 Å². The molecule has 1 aromatic heterocycles. The highest BCUT2D eigenvalue weighted by molar-refractivity contribution is 5.39. The smallest absolute Gasteiger partial charge is 0.273 e. The second kappa shape index (κ2) is 9.90. The molecule has 1 aliphatic carbocycles. The van der Waals surface area contributed by atoms with Crippen LogP contribution in [-0.4, -0.2) is 23.8 Å². The highest BCUT2D eigenvalue weighted by atomic mass is 16.2. The fourth-order valence-electron chi connectivity index (χ4n) is 1.67. The van der Waals surface area contributed by atoms with E-state index in [0.29, 0.717) is 5.69 Å². The summed E-state index contributed by atoms with van der Waals surface area (Å²) in [6, 6.07) is 3.58. The van der Waals surface area contributed by atoms with Gasteiger partial charge in [-0.3, -0.25) is 4.79 Å². The van der Waals surface area contributed by atoms with Crippen molar-refractivity contribution in [2.24, 2.45) is 7.05 Å². The van der Waals surface area contributed by atoms with Crippen molar-refractivity contribution in [3.63, 3.8) is 0 Å². The van der Waals surface area contributed by atoms with Crippen LogP contribution < -0.4 is 10.9 Å². The number of hydrogen-bond donors (Lipinski definition) is 2. The van der Waals surface area contributed by atoms with Gasteiger partial charge in [-0.25, -0.2) is 0 Å². The molecule has 2 rings (SSSR count). The lowest BCUT2D eigenvalue weighted by Gasteiger charge is -1.99. The number of aliphatic hydroxyl groups excluding tert-OH is 1. The zero-order valence-electron chi connectivity index (χ0n) is 11.1. The van der Waals surface area contributed by atoms with Crippen molar-refractivity contribution in [3.05, 3.63) is 28.7 Å². The van der Waals surface area contributed by atoms with Gasteiger partial charge in [-0.1, -0.05) is 32.1 Å². The van der Waals surface area contributed by atoms with Gasteiger partial charge in [0.25, 0.3) is 5.56 Å². The number of pyridine rings is 1. The quantitative estimate of drug-likeness (QED) is 0.789. The van der Waals surface area contributed by atoms with Gasteiger partial charge in [0.05, 0.1) is 0 Å². The molecule has 0 amide bonds. The molecular formula is C13H24N2O2. The van der Waals surface area contributed by atoms with E-state index in [-0.39, 0.29) is 5.56 Å². The third-order valence-electron chi connectivity index (χ3n) is 2.64. The third kappa shape index (κ3) is 6.12. The zero-order valence-corrected chi connectivity index (χ0v) is 11.1. The Hall–Kier alpha value is -1.29. The van der Waals surface area contributed by atoms with Crippen molar-refractivity contribution in [3.8, 4) is 0 Å². The molecule has 1 aromatic rings. The SMILES string of the molecule is C1CCCC1.CNc1cccn(C)c1=O.CO. The van der Waals surface area contributed by atoms with E-state index in [1.165, 1.54) is 36.7 Å². The summed E-state index contributed by atoms with van der Waals surface area (Å²) in [5, 5.41) is 9.80. The largest absolute Gasteiger partial charge is 0.400 e. The van der Waals surface area contributed by atoms with Gasteiger partial charge in [0.1, 0.15) is 5.69 Å². The van der Waals surface area contributed by atoms with E-state index in [1.807, 2.05) is 6.07 Å². The van der Waals surface area contributed by atoms with Crippen LogP contribution >= 0.6 is 0 Å². The molecule has 0 radical (unpaired) electrons. The van der Waals surface area contributed by atoms with Crippen molar-refractivity contribution in [2.75, 3.05) is 19.5 Å². The first-order valence-electron chi connectivity index (χ1n) is 6.04. The highest BCUT2D eigenvalue weighted by Crippen LogP contribution is 2.15. The fourth-order valence-corrected chi connectivity index (χ4v) is 1.67. The molecule has 0 aliphatic heterocycles. The summed E-state index contributed by atoms with van der Waals surface area (Å²) < 4.78 is 1.53. The Bertz CT molecular complexity index is 336. The minimum atomic E-state index is 0.00463. The number of nitrogens with one attached hydrogen (secondary N) is 1. The van der Waals surface area contributed by atoms with Crippen molar-refractivity contribution < 1.29 is 5.11 Å². The summed E-state index contributed by atoms with van der Waals surface area (Å²) in [5.41, 5.74) is 0.634. The number of anilines is 1. The molecule has 2 N–H and O–H groups in total. The van der Waals surface area contributed by atoms with Crippen LogP contribution in [0, 0.1) is 0 Å². The molecule has 17 heavy (non-hydrogen) atoms. The molecule has 0 unspecified atom stereocenters. The molecule has 1 heterocycles. The maximum absolute atomic E-state index is 11.1. The second-order valence-electron chi connectivity index (χ2n) is 3.86. The standard InChI is InChI=1S/C7H10N2O.C5H10.CH4O/c1-8-6-4-3-5-9(2)7(6)10;1-2-4-5-3-1;1-2/h3-5,8H,1-2H3;1-5H2;2H,1H3. The molecule has 1 saturated carbocycles. The van der Waals surface area contributed by atoms with Gasteiger partial charge in [-0.15, -0.1) is 0 Å². The first-order valence-corrected chi connectivity index (χ1v) is 6.04. The maximum Gasteiger partial charge on any atom is 0.273 e. The van der Waals surface area contributed by atoms with E-state index in [1.54, 1.807) is 26.4 Å². The fraction of sp³-hybridized carbons (Fsp3) is 0.615. The summed E-state index contributed by atoms with van der Waals surface area (Å²) in [5.74, 6) is 0. The lowest BCUT2D eigenvalue weighted by molar-refractivity contribution is 0.399. The van der Waals surface area contributed by atoms with Gasteiger partial charge >= 0.3 is 0 Å². The summed E-state index contributed by atoms with van der Waals surface area (Å²) in [6.45, 7) is 0. The first-order chi connectivity index (χ1) is 8.25. The number of rotatable bonds is 1. The van der Waals surface area contributed by atoms with Gasteiger partial charge in [-0.05, 0) is 12.1 Å². The Morgan fingerprint density at radius 2 is 1.65 bits per heavy atom. The topological polar surface area (TPSA) is 54.3 Å². The van der Waals surface area contributed by atoms with Crippen LogP contribution in [0.1, 0.15) is 32.1 Å². The van der Waals surface area contributed by atoms with E-state index in [0.717, 1.165) is 7.11 Å². The van der Waals surface area contributed by atoms with Crippen molar-refractivity contribution in [2.45, 2.75) is 32.1 Å². The molecule has 1 fully saturated rings. The molecule has 98 valence electrons. The van der Waals surface area contributed by atoms with E-state index in [2.05, 4.69) is 5.32 Å². The molecule has 4 heteroatoms. The predicted molar refractivity (Wildman–Crippen MR) is 72.5 cm³/mol. The number of aromatic nitrogens is 1. The number of nitrogens with zero attached hydrogens (tertiary/aromatic N) is 1. The molecule has 0 saturated heterocycles. The van der Waals surface area contributed by atoms with Crippen LogP contribution in [0.3, 0.4) is 0 Å². The first kappa shape index (κ1) is 15.7. The van der Waals surface area contributed by atoms with Gasteiger partial charge in [0.15, 0.2) is 0 Å². The van der Waals surface area contributed by atoms with Crippen molar-refractivity contribution >= 4 is 5.69 Å². The summed E-state index contributed by atoms with van der Waals surface area (Å²) >= 11 is 0. The average Bonchev–Trinajstić information content (AvgIpc) is 2.94. The maximum atomic E-state index is 11.1. The minimum Gasteiger partial charge on any atom is -0.400 e. The van der Waals surface area contributed by atoms with Gasteiger partial charge in [0.2, 0.25) is 0 Å². The van der Waals surface area contributed by atoms with Crippen LogP contribution in [0.4, 0.5) is 5.69 Å². The third-order valence-corrected chi connectivity index (χ3v) is 2.64. The van der Waals surface area contributed by atoms with E-state index in [9.17, 15) is 4.79 Å². The predicted octanol–water partition coefficient (Wildman–Crippen LogP) is 1.99. The normalized spacial score (nSPS) is 12.9. The lowest BCUT2D eigenvalue weighted by atomic mass is 10.4. The number of aryl methyl sites for hydroxylation is 1. The van der Waals surface area contributed by atoms with Crippen molar-refractivity contribution in [1.82, 2.24) is 4.57 Å². The Morgan fingerprint density at radius 1 is 1.18 bits per heavy atom. The molecule has 0 spiro atoms. The second-order valence-corrected chi connectivity index (χ2v) is 3.86. The Morgan fingerprint density at radius 3 is 2.00 bits per heavy atom. The van der Waals surface area contributed by atoms with Crippen LogP contribution in [-0.2, 0) is 7.05 Å². The summed E-state index contributed by atoms with van der Waals surface area (Å²) in [7, 11) is 4.46. The zero-order chi connectivity index (χ0) is 13.1. The van der Waals surface area contributed by atoms with Crippen LogP contribution in [0.5, 0.6) is 0 Å². The molecular weight excluding hydrogens is 216 g/mol. The lowest BCUT2D eigenvalue weighted by Crippen LogP contribution is -2.18. The molecule has 4 nitrogen and oxygen atoms in total. The minimum absolute atomic E-state index is 0.00463. The van der Waals surface area contributed by atoms with Gasteiger partial charge in [-0.2, -0.15) is 0 Å². The van der Waals surface area contributed by atoms with Gasteiger partial charge in [0, 0.05) is 27.4 Å². The summed E-state index contributed by atoms with van der Waals surface area (Å²) in [6.07, 6.45) is 9.23. The Balaban J connectivity index is 0.000000306. The molecule has 1 aliphatic rings. The highest BCUT2D eigenvalue weighted by Gasteiger charge is 1.95. The molecule has 0 atom stereocenters. The molecule has 0 aromatic carbocycles. The van der Waals surface area contributed by atoms with Crippen LogP contribution in [0.2, 0.25) is 0 Å². The summed E-state index contributed by atoms with van der Waals surface area (Å²) in [4.78, 5) is 11.1. The van der Waals surface area contributed by atoms with Crippen LogP contribution in [0.25, 0.3) is 0 Å². The van der Waals surface area contributed by atoms with Crippen LogP contribution in [0.15, 0.2) is 23.1 Å². The number of aliphatic hydroxyl groups is 1. The van der Waals surface area contributed by atoms with E-state index < -0.39 is 0 Å². The van der Waals surface area contributed by atoms with E-state index >= 15 is 0 Å². The Labute approximate surface area is 103 Å². The molecule has 0 bridgehead atoms. The van der Waals surface area contributed by atoms with Crippen molar-refractivity contribution in [1.29, 1.82) is 0 Å². The average molecular weight is 240 g/mol.